The zero-order valence-corrected chi connectivity index (χ0v) is 12.2. The molecule has 0 saturated heterocycles. The Kier molecular flexibility index (Phi) is 3.73. The van der Waals surface area contributed by atoms with E-state index in [1.807, 2.05) is 30.6 Å². The van der Waals surface area contributed by atoms with Gasteiger partial charge in [-0.2, -0.15) is 0 Å². The third kappa shape index (κ3) is 2.43. The molecule has 3 N–H and O–H groups in total. The van der Waals surface area contributed by atoms with Gasteiger partial charge in [0.1, 0.15) is 0 Å². The maximum atomic E-state index is 5.76. The molecule has 3 aromatic rings. The van der Waals surface area contributed by atoms with Gasteiger partial charge in [-0.15, -0.1) is 0 Å². The first-order valence-corrected chi connectivity index (χ1v) is 6.98. The van der Waals surface area contributed by atoms with Gasteiger partial charge in [0.15, 0.2) is 0 Å². The minimum Gasteiger partial charge on any atom is -0.271 e. The lowest BCUT2D eigenvalue weighted by atomic mass is 9.96. The highest BCUT2D eigenvalue weighted by molar-refractivity contribution is 9.10. The molecule has 100 valence electrons. The molecule has 0 bridgehead atoms. The van der Waals surface area contributed by atoms with Gasteiger partial charge in [0.05, 0.1) is 6.04 Å². The fourth-order valence-electron chi connectivity index (χ4n) is 2.34. The van der Waals surface area contributed by atoms with E-state index >= 15 is 0 Å². The van der Waals surface area contributed by atoms with Crippen molar-refractivity contribution in [2.75, 3.05) is 0 Å². The van der Waals surface area contributed by atoms with Gasteiger partial charge in [-0.1, -0.05) is 18.2 Å². The highest BCUT2D eigenvalue weighted by Crippen LogP contribution is 2.28. The summed E-state index contributed by atoms with van der Waals surface area (Å²) >= 11 is 3.44. The number of pyridine rings is 2. The third-order valence-electron chi connectivity index (χ3n) is 3.25. The lowest BCUT2D eigenvalue weighted by Crippen LogP contribution is -2.29. The van der Waals surface area contributed by atoms with Crippen LogP contribution in [-0.2, 0) is 0 Å². The van der Waals surface area contributed by atoms with Gasteiger partial charge in [0.25, 0.3) is 0 Å². The number of nitrogens with one attached hydrogen (secondary N) is 1. The first kappa shape index (κ1) is 13.2. The zero-order chi connectivity index (χ0) is 13.9. The van der Waals surface area contributed by atoms with Gasteiger partial charge in [-0.3, -0.25) is 15.8 Å². The number of benzene rings is 1. The van der Waals surface area contributed by atoms with Gasteiger partial charge < -0.3 is 0 Å². The summed E-state index contributed by atoms with van der Waals surface area (Å²) in [5, 5.41) is 2.22. The number of hydrogen-bond acceptors (Lipinski definition) is 4. The van der Waals surface area contributed by atoms with E-state index in [0.717, 1.165) is 26.4 Å². The van der Waals surface area contributed by atoms with Gasteiger partial charge in [-0.25, -0.2) is 5.43 Å². The van der Waals surface area contributed by atoms with Crippen molar-refractivity contribution >= 4 is 26.7 Å². The molecule has 1 unspecified atom stereocenters. The second kappa shape index (κ2) is 5.66. The average Bonchev–Trinajstić information content (AvgIpc) is 2.48. The van der Waals surface area contributed by atoms with Gasteiger partial charge in [0.2, 0.25) is 0 Å². The third-order valence-corrected chi connectivity index (χ3v) is 3.69. The van der Waals surface area contributed by atoms with Crippen LogP contribution in [0.15, 0.2) is 59.6 Å². The molecular formula is C15H13BrN4. The summed E-state index contributed by atoms with van der Waals surface area (Å²) in [4.78, 5) is 8.41. The largest absolute Gasteiger partial charge is 0.271 e. The molecule has 4 nitrogen and oxygen atoms in total. The van der Waals surface area contributed by atoms with Crippen molar-refractivity contribution in [3.8, 4) is 0 Å². The van der Waals surface area contributed by atoms with Crippen LogP contribution in [-0.4, -0.2) is 9.97 Å². The summed E-state index contributed by atoms with van der Waals surface area (Å²) in [5.41, 5.74) is 4.95. The van der Waals surface area contributed by atoms with E-state index < -0.39 is 0 Å². The van der Waals surface area contributed by atoms with E-state index in [-0.39, 0.29) is 6.04 Å². The molecule has 20 heavy (non-hydrogen) atoms. The molecule has 0 amide bonds. The van der Waals surface area contributed by atoms with Crippen LogP contribution in [0.1, 0.15) is 17.2 Å². The molecule has 1 atom stereocenters. The quantitative estimate of drug-likeness (QED) is 0.573. The van der Waals surface area contributed by atoms with Crippen LogP contribution < -0.4 is 11.3 Å². The Balaban J connectivity index is 2.17. The van der Waals surface area contributed by atoms with Gasteiger partial charge in [0, 0.05) is 34.6 Å². The zero-order valence-electron chi connectivity index (χ0n) is 10.6. The van der Waals surface area contributed by atoms with E-state index in [1.165, 1.54) is 0 Å². The lowest BCUT2D eigenvalue weighted by molar-refractivity contribution is 0.638. The van der Waals surface area contributed by atoms with Crippen molar-refractivity contribution in [2.24, 2.45) is 5.84 Å². The van der Waals surface area contributed by atoms with Crippen LogP contribution in [0.3, 0.4) is 0 Å². The molecule has 0 radical (unpaired) electrons. The molecular weight excluding hydrogens is 316 g/mol. The Bertz CT molecular complexity index is 739. The van der Waals surface area contributed by atoms with E-state index in [2.05, 4.69) is 43.5 Å². The Morgan fingerprint density at radius 3 is 2.80 bits per heavy atom. The molecule has 2 aromatic heterocycles. The van der Waals surface area contributed by atoms with Crippen molar-refractivity contribution in [1.82, 2.24) is 15.4 Å². The molecule has 0 saturated carbocycles. The van der Waals surface area contributed by atoms with Crippen LogP contribution in [0.5, 0.6) is 0 Å². The number of halogens is 1. The molecule has 2 heterocycles. The molecule has 0 spiro atoms. The van der Waals surface area contributed by atoms with Crippen molar-refractivity contribution < 1.29 is 0 Å². The molecule has 3 rings (SSSR count). The minimum absolute atomic E-state index is 0.132. The summed E-state index contributed by atoms with van der Waals surface area (Å²) in [5.74, 6) is 5.76. The predicted octanol–water partition coefficient (Wildman–Crippen LogP) is 2.95. The number of nitrogens with zero attached hydrogens (tertiary/aromatic N) is 2. The fraction of sp³-hybridized carbons (Fsp3) is 0.0667. The SMILES string of the molecule is NNC(c1cncc(Br)c1)c1cccc2ccncc12. The summed E-state index contributed by atoms with van der Waals surface area (Å²) in [6.07, 6.45) is 7.21. The standard InChI is InChI=1S/C15H13BrN4/c16-12-6-11(7-19-8-12)15(20-17)13-3-1-2-10-4-5-18-9-14(10)13/h1-9,15,20H,17H2. The normalized spacial score (nSPS) is 12.5. The summed E-state index contributed by atoms with van der Waals surface area (Å²) in [6, 6.07) is 10.0. The number of hydrazine groups is 1. The van der Waals surface area contributed by atoms with Crippen LogP contribution >= 0.6 is 15.9 Å². The molecule has 1 aromatic carbocycles. The topological polar surface area (TPSA) is 63.8 Å². The van der Waals surface area contributed by atoms with Crippen LogP contribution in [0.2, 0.25) is 0 Å². The maximum absolute atomic E-state index is 5.76. The Morgan fingerprint density at radius 1 is 1.10 bits per heavy atom. The monoisotopic (exact) mass is 328 g/mol. The Hall–Kier alpha value is -1.82. The van der Waals surface area contributed by atoms with Crippen LogP contribution in [0, 0.1) is 0 Å². The van der Waals surface area contributed by atoms with Gasteiger partial charge in [-0.05, 0) is 44.6 Å². The smallest absolute Gasteiger partial charge is 0.0731 e. The lowest BCUT2D eigenvalue weighted by Gasteiger charge is -2.18. The molecule has 0 aliphatic carbocycles. The van der Waals surface area contributed by atoms with Crippen LogP contribution in [0.25, 0.3) is 10.8 Å². The van der Waals surface area contributed by atoms with Crippen LogP contribution in [0.4, 0.5) is 0 Å². The van der Waals surface area contributed by atoms with Crippen molar-refractivity contribution in [3.63, 3.8) is 0 Å². The first-order valence-electron chi connectivity index (χ1n) is 6.19. The fourth-order valence-corrected chi connectivity index (χ4v) is 2.72. The summed E-state index contributed by atoms with van der Waals surface area (Å²) in [7, 11) is 0. The number of aromatic nitrogens is 2. The maximum Gasteiger partial charge on any atom is 0.0731 e. The Labute approximate surface area is 125 Å². The first-order chi connectivity index (χ1) is 9.79. The molecule has 0 aliphatic heterocycles. The highest BCUT2D eigenvalue weighted by atomic mass is 79.9. The van der Waals surface area contributed by atoms with E-state index in [1.54, 1.807) is 12.4 Å². The summed E-state index contributed by atoms with van der Waals surface area (Å²) < 4.78 is 0.925. The number of nitrogens with two attached hydrogens (primary N) is 1. The van der Waals surface area contributed by atoms with Gasteiger partial charge >= 0.3 is 0 Å². The molecule has 0 fully saturated rings. The molecule has 0 aliphatic rings. The number of hydrogen-bond donors (Lipinski definition) is 2. The van der Waals surface area contributed by atoms with Crippen molar-refractivity contribution in [2.45, 2.75) is 6.04 Å². The predicted molar refractivity (Wildman–Crippen MR) is 82.8 cm³/mol. The van der Waals surface area contributed by atoms with E-state index in [9.17, 15) is 0 Å². The summed E-state index contributed by atoms with van der Waals surface area (Å²) in [6.45, 7) is 0. The second-order valence-corrected chi connectivity index (χ2v) is 5.40. The second-order valence-electron chi connectivity index (χ2n) is 4.48. The highest BCUT2D eigenvalue weighted by Gasteiger charge is 2.15. The number of rotatable bonds is 3. The molecule has 5 heteroatoms. The average molecular weight is 329 g/mol. The number of fused-ring (bicyclic) bond motifs is 1. The van der Waals surface area contributed by atoms with E-state index in [0.29, 0.717) is 0 Å². The van der Waals surface area contributed by atoms with Crippen molar-refractivity contribution in [3.05, 3.63) is 70.7 Å². The van der Waals surface area contributed by atoms with E-state index in [4.69, 9.17) is 5.84 Å². The van der Waals surface area contributed by atoms with Crippen molar-refractivity contribution in [1.29, 1.82) is 0 Å². The minimum atomic E-state index is -0.132. The Morgan fingerprint density at radius 2 is 2.00 bits per heavy atom.